The maximum Gasteiger partial charge on any atom is 1.00 e. The standard InChI is InChI=1S/C5H9O.CH2O.9CH3.5K/c1-4(2)5(3)6;1-2;;;;;;;;;;;;;;/h4H,1H2,2-3H3;1H2;9*1H3;;;;;/q-1;;9*-1;5*+1/i2T;;;;;;;;;;;;;;;. The third kappa shape index (κ3) is 146. The molecule has 0 fully saturated rings. The second-order valence-corrected chi connectivity index (χ2v) is 1.31. The summed E-state index contributed by atoms with van der Waals surface area (Å²) in [7, 11) is 0. The van der Waals surface area contributed by atoms with Gasteiger partial charge in [-0.3, -0.25) is 0 Å². The number of hydrogen-bond donors (Lipinski definition) is 0. The van der Waals surface area contributed by atoms with Crippen LogP contribution >= 0.6 is 0 Å². The summed E-state index contributed by atoms with van der Waals surface area (Å²) in [6, 6.07) is 0. The van der Waals surface area contributed by atoms with Crippen molar-refractivity contribution in [3.05, 3.63) is 73.8 Å². The van der Waals surface area contributed by atoms with Gasteiger partial charge in [-0.1, -0.05) is 6.90 Å². The van der Waals surface area contributed by atoms with Crippen LogP contribution in [0.5, 0.6) is 0 Å². The van der Waals surface area contributed by atoms with Gasteiger partial charge in [-0.05, 0) is 6.92 Å². The molecule has 0 amide bonds. The first-order chi connectivity index (χ1) is 4.18. The minimum atomic E-state index is -0.319. The van der Waals surface area contributed by atoms with Crippen molar-refractivity contribution in [2.75, 3.05) is 0 Å². The predicted molar refractivity (Wildman–Crippen MR) is 90.0 cm³/mol. The number of carbonyl (C=O) groups is 2. The Morgan fingerprint density at radius 2 is 0.909 bits per heavy atom. The van der Waals surface area contributed by atoms with Crippen molar-refractivity contribution >= 4 is 12.6 Å². The zero-order valence-electron chi connectivity index (χ0n) is 20.0. The van der Waals surface area contributed by atoms with E-state index in [1.165, 1.54) is 6.92 Å². The molecule has 0 bridgehead atoms. The molecule has 0 saturated carbocycles. The number of hydrogen-bond acceptors (Lipinski definition) is 2. The van der Waals surface area contributed by atoms with Gasteiger partial charge in [0.25, 0.3) is 0 Å². The van der Waals surface area contributed by atoms with Crippen LogP contribution in [0, 0.1) is 79.7 Å². The van der Waals surface area contributed by atoms with Crippen LogP contribution < -0.4 is 257 Å². The predicted octanol–water partition coefficient (Wildman–Crippen LogP) is -10.1. The van der Waals surface area contributed by atoms with Gasteiger partial charge in [-0.2, -0.15) is 0 Å². The third-order valence-corrected chi connectivity index (χ3v) is 0.575. The summed E-state index contributed by atoms with van der Waals surface area (Å²) in [5.74, 6) is -0.324. The SMILES string of the molecule is C=O.[3H]CC([CH2-])C(C)=O.[CH3-].[CH3-].[CH3-].[CH3-].[CH3-].[CH3-].[CH3-].[CH3-].[CH3-].[K+].[K+].[K+].[K+].[K+]. The van der Waals surface area contributed by atoms with Gasteiger partial charge in [0, 0.05) is 1.37 Å². The molecule has 7 heteroatoms. The average Bonchev–Trinajstić information content (AvgIpc) is 1.91. The molecule has 0 N–H and O–H groups in total. The quantitative estimate of drug-likeness (QED) is 0.295. The maximum atomic E-state index is 10.2. The van der Waals surface area contributed by atoms with Crippen LogP contribution in [0.1, 0.15) is 15.2 Å². The van der Waals surface area contributed by atoms with Crippen molar-refractivity contribution in [3.63, 3.8) is 0 Å². The van der Waals surface area contributed by atoms with Crippen LogP contribution in [0.2, 0.25) is 0 Å². The largest absolute Gasteiger partial charge is 1.00 e. The fourth-order valence-corrected chi connectivity index (χ4v) is 0. The fraction of sp³-hybridized carbons (Fsp3) is 0.200. The van der Waals surface area contributed by atoms with E-state index in [1.807, 2.05) is 6.79 Å². The average molecular weight is 448 g/mol. The van der Waals surface area contributed by atoms with Gasteiger partial charge in [-0.15, -0.1) is 5.92 Å². The Morgan fingerprint density at radius 1 is 0.773 bits per heavy atom. The summed E-state index contributed by atoms with van der Waals surface area (Å²) >= 11 is 0. The van der Waals surface area contributed by atoms with Crippen LogP contribution in [0.15, 0.2) is 0 Å². The Labute approximate surface area is 362 Å². The van der Waals surface area contributed by atoms with E-state index in [2.05, 4.69) is 6.92 Å². The Hall–Kier alpha value is 7.52. The van der Waals surface area contributed by atoms with Crippen LogP contribution in [0.3, 0.4) is 0 Å². The van der Waals surface area contributed by atoms with E-state index in [1.54, 1.807) is 0 Å². The van der Waals surface area contributed by atoms with Gasteiger partial charge in [0.2, 0.25) is 0 Å². The molecule has 0 aliphatic carbocycles. The van der Waals surface area contributed by atoms with E-state index < -0.39 is 0 Å². The minimum Gasteiger partial charge on any atom is -0.358 e. The Kier molecular flexibility index (Phi) is 612. The summed E-state index contributed by atoms with van der Waals surface area (Å²) in [5.41, 5.74) is 0. The van der Waals surface area contributed by atoms with Crippen LogP contribution in [-0.4, -0.2) is 12.6 Å². The molecular weight excluding hydrogens is 408 g/mol. The Bertz CT molecular complexity index is 104. The van der Waals surface area contributed by atoms with Gasteiger partial charge >= 0.3 is 257 Å². The normalized spacial score (nSPS) is 4.55. The molecule has 2 nitrogen and oxygen atoms in total. The molecule has 0 saturated heterocycles. The first-order valence-corrected chi connectivity index (χ1v) is 2.10. The van der Waals surface area contributed by atoms with Crippen molar-refractivity contribution in [1.29, 1.82) is 0 Å². The molecule has 0 rings (SSSR count). The van der Waals surface area contributed by atoms with Crippen LogP contribution in [-0.2, 0) is 9.59 Å². The molecule has 0 spiro atoms. The van der Waals surface area contributed by atoms with E-state index in [0.29, 0.717) is 0 Å². The van der Waals surface area contributed by atoms with Gasteiger partial charge in [0.15, 0.2) is 0 Å². The Balaban J connectivity index is -0.00000000211. The smallest absolute Gasteiger partial charge is 0.358 e. The monoisotopic (exact) mass is 447 g/mol. The van der Waals surface area contributed by atoms with E-state index in [9.17, 15) is 4.79 Å². The zero-order valence-corrected chi connectivity index (χ0v) is 34.6. The summed E-state index contributed by atoms with van der Waals surface area (Å²) in [5, 5.41) is 0. The van der Waals surface area contributed by atoms with Gasteiger partial charge in [-0.25, -0.2) is 0 Å². The topological polar surface area (TPSA) is 34.1 Å². The zero-order chi connectivity index (χ0) is 7.86. The first-order valence-electron chi connectivity index (χ1n) is 2.81. The molecule has 1 atom stereocenters. The third-order valence-electron chi connectivity index (χ3n) is 0.575. The second-order valence-electron chi connectivity index (χ2n) is 1.31. The van der Waals surface area contributed by atoms with E-state index in [-0.39, 0.29) is 342 Å². The first kappa shape index (κ1) is 114. The van der Waals surface area contributed by atoms with Gasteiger partial charge in [0.05, 0.1) is 0 Å². The van der Waals surface area contributed by atoms with Crippen molar-refractivity contribution in [2.45, 2.75) is 13.8 Å². The Morgan fingerprint density at radius 3 is 0.909 bits per heavy atom. The number of carbonyl (C=O) groups excluding carboxylic acids is 2. The summed E-state index contributed by atoms with van der Waals surface area (Å²) in [6.45, 7) is 6.98. The maximum absolute atomic E-state index is 10.2. The van der Waals surface area contributed by atoms with Crippen molar-refractivity contribution in [3.8, 4) is 0 Å². The molecule has 0 aliphatic rings. The molecule has 0 aliphatic heterocycles. The second kappa shape index (κ2) is 118. The number of Topliss-reactive ketones (excluding diaryl/α,β-unsaturated/α-hetero) is 1. The molecule has 0 aromatic rings. The molecule has 120 valence electrons. The molecular formula is C15H38K5O2-5. The van der Waals surface area contributed by atoms with Crippen LogP contribution in [0.4, 0.5) is 0 Å². The van der Waals surface area contributed by atoms with Crippen molar-refractivity contribution < 1.29 is 268 Å². The summed E-state index contributed by atoms with van der Waals surface area (Å²) in [4.78, 5) is 18.2. The van der Waals surface area contributed by atoms with Gasteiger partial charge < -0.3 is 83.4 Å². The van der Waals surface area contributed by atoms with Crippen molar-refractivity contribution in [2.24, 2.45) is 5.92 Å². The van der Waals surface area contributed by atoms with E-state index in [0.717, 1.165) is 0 Å². The molecule has 22 heavy (non-hydrogen) atoms. The molecule has 1 unspecified atom stereocenters. The van der Waals surface area contributed by atoms with Gasteiger partial charge in [0.1, 0.15) is 12.6 Å². The number of rotatable bonds is 1. The minimum absolute atomic E-state index is 0. The van der Waals surface area contributed by atoms with E-state index in [4.69, 9.17) is 6.17 Å². The molecule has 0 heterocycles. The molecule has 0 aromatic heterocycles. The fourth-order valence-electron chi connectivity index (χ4n) is 0. The molecule has 0 aromatic carbocycles. The number of ketones is 1. The molecule has 0 radical (unpaired) electrons. The summed E-state index contributed by atoms with van der Waals surface area (Å²) in [6.07, 6.45) is 0. The van der Waals surface area contributed by atoms with Crippen molar-refractivity contribution in [1.82, 2.24) is 0 Å². The van der Waals surface area contributed by atoms with E-state index >= 15 is 0 Å². The summed E-state index contributed by atoms with van der Waals surface area (Å²) < 4.78 is 6.66. The van der Waals surface area contributed by atoms with Crippen LogP contribution in [0.25, 0.3) is 0 Å².